The van der Waals surface area contributed by atoms with Crippen LogP contribution in [0.3, 0.4) is 0 Å². The van der Waals surface area contributed by atoms with Crippen molar-refractivity contribution in [3.05, 3.63) is 37.7 Å². The fraction of sp³-hybridized carbons (Fsp3) is 0.500. The molecule has 0 aromatic carbocycles. The number of ether oxygens (including phenoxy) is 1. The quantitative estimate of drug-likeness (QED) is 0.682. The van der Waals surface area contributed by atoms with Crippen LogP contribution in [0.4, 0.5) is 0 Å². The van der Waals surface area contributed by atoms with Crippen LogP contribution in [0.25, 0.3) is 10.2 Å². The molecular formula is C16H20N2O2S2. The summed E-state index contributed by atoms with van der Waals surface area (Å²) in [5, 5.41) is 0.776. The van der Waals surface area contributed by atoms with Crippen LogP contribution in [0.1, 0.15) is 37.6 Å². The smallest absolute Gasteiger partial charge is 0.263 e. The van der Waals surface area contributed by atoms with Crippen LogP contribution in [-0.2, 0) is 24.3 Å². The van der Waals surface area contributed by atoms with Crippen molar-refractivity contribution in [3.63, 3.8) is 0 Å². The molecule has 0 saturated carbocycles. The van der Waals surface area contributed by atoms with Crippen molar-refractivity contribution in [2.45, 2.75) is 52.4 Å². The fourth-order valence-corrected chi connectivity index (χ4v) is 4.26. The van der Waals surface area contributed by atoms with Crippen LogP contribution >= 0.6 is 23.6 Å². The number of aromatic nitrogens is 2. The number of fused-ring (bicyclic) bond motifs is 3. The fourth-order valence-electron chi connectivity index (χ4n) is 2.83. The second kappa shape index (κ2) is 5.44. The molecule has 1 aliphatic heterocycles. The second-order valence-electron chi connectivity index (χ2n) is 6.26. The maximum atomic E-state index is 12.9. The van der Waals surface area contributed by atoms with Gasteiger partial charge in [-0.25, -0.2) is 0 Å². The molecule has 22 heavy (non-hydrogen) atoms. The zero-order valence-electron chi connectivity index (χ0n) is 13.1. The Labute approximate surface area is 138 Å². The first kappa shape index (κ1) is 15.6. The van der Waals surface area contributed by atoms with E-state index in [0.29, 0.717) is 17.9 Å². The molecule has 0 spiro atoms. The van der Waals surface area contributed by atoms with E-state index in [2.05, 4.69) is 25.4 Å². The van der Waals surface area contributed by atoms with Gasteiger partial charge in [0.25, 0.3) is 5.56 Å². The lowest BCUT2D eigenvalue weighted by Crippen LogP contribution is -2.34. The Balaban J connectivity index is 2.26. The highest BCUT2D eigenvalue weighted by Crippen LogP contribution is 2.38. The maximum absolute atomic E-state index is 12.9. The Morgan fingerprint density at radius 3 is 2.95 bits per heavy atom. The molecule has 2 aromatic rings. The van der Waals surface area contributed by atoms with Gasteiger partial charge in [0.1, 0.15) is 4.83 Å². The Morgan fingerprint density at radius 2 is 2.32 bits per heavy atom. The summed E-state index contributed by atoms with van der Waals surface area (Å²) in [4.78, 5) is 18.1. The summed E-state index contributed by atoms with van der Waals surface area (Å²) in [6, 6.07) is 0. The molecule has 2 aromatic heterocycles. The summed E-state index contributed by atoms with van der Waals surface area (Å²) in [5.74, 6) is 0. The number of H-pyrrole nitrogens is 1. The van der Waals surface area contributed by atoms with Crippen molar-refractivity contribution in [3.8, 4) is 0 Å². The van der Waals surface area contributed by atoms with Gasteiger partial charge >= 0.3 is 0 Å². The topological polar surface area (TPSA) is 47.0 Å². The molecule has 118 valence electrons. The Hall–Kier alpha value is -1.24. The first-order valence-electron chi connectivity index (χ1n) is 7.40. The van der Waals surface area contributed by atoms with Crippen LogP contribution in [0.2, 0.25) is 0 Å². The van der Waals surface area contributed by atoms with E-state index >= 15 is 0 Å². The van der Waals surface area contributed by atoms with Gasteiger partial charge in [0, 0.05) is 17.8 Å². The Kier molecular flexibility index (Phi) is 3.87. The molecule has 1 aliphatic rings. The third-order valence-corrected chi connectivity index (χ3v) is 5.74. The number of hydrogen-bond donors (Lipinski definition) is 1. The van der Waals surface area contributed by atoms with Crippen molar-refractivity contribution < 1.29 is 4.74 Å². The van der Waals surface area contributed by atoms with E-state index in [4.69, 9.17) is 17.0 Å². The molecule has 0 saturated heterocycles. The zero-order chi connectivity index (χ0) is 16.1. The summed E-state index contributed by atoms with van der Waals surface area (Å²) in [6.45, 7) is 11.0. The molecule has 1 N–H and O–H groups in total. The standard InChI is InChI=1S/C16H20N2O2S2/c1-5-16(4)6-10-11(8-20-16)22-13-12(10)14(19)18(7-9(2)3)15(21)17-13/h2,5-8H2,1,3-4H3,(H,17,21)/t16-/m1/s1. The molecule has 3 rings (SSSR count). The van der Waals surface area contributed by atoms with E-state index in [1.807, 2.05) is 6.92 Å². The van der Waals surface area contributed by atoms with Gasteiger partial charge < -0.3 is 9.72 Å². The van der Waals surface area contributed by atoms with Gasteiger partial charge in [0.15, 0.2) is 4.77 Å². The highest BCUT2D eigenvalue weighted by molar-refractivity contribution is 7.71. The molecule has 0 fully saturated rings. The summed E-state index contributed by atoms with van der Waals surface area (Å²) >= 11 is 6.92. The predicted molar refractivity (Wildman–Crippen MR) is 93.3 cm³/mol. The monoisotopic (exact) mass is 336 g/mol. The Bertz CT molecular complexity index is 875. The molecule has 0 aliphatic carbocycles. The van der Waals surface area contributed by atoms with Crippen LogP contribution in [0.5, 0.6) is 0 Å². The van der Waals surface area contributed by atoms with Gasteiger partial charge in [-0.05, 0) is 38.0 Å². The summed E-state index contributed by atoms with van der Waals surface area (Å²) in [6.07, 6.45) is 1.69. The second-order valence-corrected chi connectivity index (χ2v) is 7.75. The molecule has 0 radical (unpaired) electrons. The number of rotatable bonds is 3. The van der Waals surface area contributed by atoms with E-state index in [-0.39, 0.29) is 11.2 Å². The zero-order valence-corrected chi connectivity index (χ0v) is 14.7. The number of aromatic amines is 1. The van der Waals surface area contributed by atoms with Crippen LogP contribution in [0, 0.1) is 4.77 Å². The molecule has 1 atom stereocenters. The third-order valence-electron chi connectivity index (χ3n) is 4.29. The van der Waals surface area contributed by atoms with Crippen LogP contribution in [0.15, 0.2) is 16.9 Å². The van der Waals surface area contributed by atoms with E-state index in [1.165, 1.54) is 0 Å². The van der Waals surface area contributed by atoms with Crippen molar-refractivity contribution in [1.29, 1.82) is 0 Å². The molecule has 6 heteroatoms. The lowest BCUT2D eigenvalue weighted by Gasteiger charge is -2.32. The number of nitrogens with one attached hydrogen (secondary N) is 1. The largest absolute Gasteiger partial charge is 0.369 e. The minimum absolute atomic E-state index is 0.0143. The summed E-state index contributed by atoms with van der Waals surface area (Å²) in [5.41, 5.74) is 1.83. The SMILES string of the molecule is C=C(C)Cn1c(=S)[nH]c2sc3c(c2c1=O)C[C@@](C)(CC)OC3. The minimum atomic E-state index is -0.195. The number of allylic oxidation sites excluding steroid dienone is 1. The summed E-state index contributed by atoms with van der Waals surface area (Å²) < 4.78 is 8.04. The average Bonchev–Trinajstić information content (AvgIpc) is 2.80. The molecule has 0 unspecified atom stereocenters. The normalized spacial score (nSPS) is 21.0. The van der Waals surface area contributed by atoms with E-state index < -0.39 is 0 Å². The Morgan fingerprint density at radius 1 is 1.59 bits per heavy atom. The van der Waals surface area contributed by atoms with Crippen LogP contribution in [-0.4, -0.2) is 15.2 Å². The van der Waals surface area contributed by atoms with Crippen molar-refractivity contribution >= 4 is 33.8 Å². The van der Waals surface area contributed by atoms with E-state index in [1.54, 1.807) is 15.9 Å². The average molecular weight is 336 g/mol. The molecule has 0 amide bonds. The minimum Gasteiger partial charge on any atom is -0.369 e. The number of hydrogen-bond acceptors (Lipinski definition) is 4. The highest BCUT2D eigenvalue weighted by Gasteiger charge is 2.32. The number of thiophene rings is 1. The number of nitrogens with zero attached hydrogens (tertiary/aromatic N) is 1. The highest BCUT2D eigenvalue weighted by atomic mass is 32.1. The third kappa shape index (κ3) is 2.49. The van der Waals surface area contributed by atoms with Gasteiger partial charge in [-0.15, -0.1) is 11.3 Å². The first-order chi connectivity index (χ1) is 10.3. The van der Waals surface area contributed by atoms with Gasteiger partial charge in [0.2, 0.25) is 0 Å². The first-order valence-corrected chi connectivity index (χ1v) is 8.63. The molecule has 3 heterocycles. The maximum Gasteiger partial charge on any atom is 0.263 e. The lowest BCUT2D eigenvalue weighted by molar-refractivity contribution is -0.0543. The van der Waals surface area contributed by atoms with Gasteiger partial charge in [-0.3, -0.25) is 9.36 Å². The van der Waals surface area contributed by atoms with Crippen molar-refractivity contribution in [2.24, 2.45) is 0 Å². The predicted octanol–water partition coefficient (Wildman–Crippen LogP) is 3.94. The molecular weight excluding hydrogens is 316 g/mol. The lowest BCUT2D eigenvalue weighted by atomic mass is 9.90. The van der Waals surface area contributed by atoms with Gasteiger partial charge in [-0.2, -0.15) is 0 Å². The van der Waals surface area contributed by atoms with Crippen molar-refractivity contribution in [1.82, 2.24) is 9.55 Å². The van der Waals surface area contributed by atoms with Crippen molar-refractivity contribution in [2.75, 3.05) is 0 Å². The molecule has 0 bridgehead atoms. The van der Waals surface area contributed by atoms with Gasteiger partial charge in [-0.1, -0.05) is 19.1 Å². The van der Waals surface area contributed by atoms with Crippen LogP contribution < -0.4 is 5.56 Å². The summed E-state index contributed by atoms with van der Waals surface area (Å²) in [7, 11) is 0. The van der Waals surface area contributed by atoms with E-state index in [0.717, 1.165) is 39.1 Å². The van der Waals surface area contributed by atoms with E-state index in [9.17, 15) is 4.79 Å². The van der Waals surface area contributed by atoms with Gasteiger partial charge in [0.05, 0.1) is 17.6 Å². The molecule has 4 nitrogen and oxygen atoms in total.